The first-order valence-corrected chi connectivity index (χ1v) is 7.91. The first-order chi connectivity index (χ1) is 11.2. The predicted octanol–water partition coefficient (Wildman–Crippen LogP) is 3.45. The van der Waals surface area contributed by atoms with Gasteiger partial charge in [0, 0.05) is 18.7 Å². The molecule has 0 aliphatic carbocycles. The molecule has 1 aromatic heterocycles. The molecule has 2 aromatic rings. The lowest BCUT2D eigenvalue weighted by molar-refractivity contribution is -0.137. The van der Waals surface area contributed by atoms with Crippen molar-refractivity contribution >= 4 is 11.9 Å². The molecule has 0 unspecified atom stereocenters. The Bertz CT molecular complexity index is 635. The molecule has 0 bridgehead atoms. The zero-order valence-corrected chi connectivity index (χ0v) is 13.0. The topological polar surface area (TPSA) is 82.2 Å². The summed E-state index contributed by atoms with van der Waals surface area (Å²) < 4.78 is 0. The van der Waals surface area contributed by atoms with E-state index < -0.39 is 5.97 Å². The number of carboxylic acid groups (broad SMARTS) is 1. The molecule has 2 rings (SSSR count). The van der Waals surface area contributed by atoms with Gasteiger partial charge in [0.05, 0.1) is 0 Å². The van der Waals surface area contributed by atoms with Crippen molar-refractivity contribution in [3.63, 3.8) is 0 Å². The maximum Gasteiger partial charge on any atom is 0.303 e. The fraction of sp³-hybridized carbons (Fsp3) is 0.333. The zero-order chi connectivity index (χ0) is 16.5. The number of unbranched alkanes of at least 4 members (excludes halogenated alkanes) is 3. The van der Waals surface area contributed by atoms with Crippen LogP contribution in [-0.4, -0.2) is 28.5 Å². The Morgan fingerprint density at radius 1 is 0.957 bits per heavy atom. The Hall–Kier alpha value is -2.56. The molecule has 1 amide bonds. The summed E-state index contributed by atoms with van der Waals surface area (Å²) in [5, 5.41) is 11.4. The summed E-state index contributed by atoms with van der Waals surface area (Å²) in [4.78, 5) is 25.6. The molecule has 0 fully saturated rings. The van der Waals surface area contributed by atoms with Crippen LogP contribution in [0.3, 0.4) is 0 Å². The van der Waals surface area contributed by atoms with Gasteiger partial charge in [-0.05, 0) is 30.5 Å². The Kier molecular flexibility index (Phi) is 6.41. The van der Waals surface area contributed by atoms with Gasteiger partial charge < -0.3 is 15.4 Å². The molecule has 5 nitrogen and oxygen atoms in total. The number of carbonyl (C=O) groups is 2. The lowest BCUT2D eigenvalue weighted by atomic mass is 10.1. The van der Waals surface area contributed by atoms with Gasteiger partial charge in [0.1, 0.15) is 5.69 Å². The van der Waals surface area contributed by atoms with E-state index in [1.807, 2.05) is 36.4 Å². The van der Waals surface area contributed by atoms with Gasteiger partial charge in [0.25, 0.3) is 5.91 Å². The number of amides is 1. The van der Waals surface area contributed by atoms with Crippen molar-refractivity contribution in [1.29, 1.82) is 0 Å². The van der Waals surface area contributed by atoms with E-state index in [4.69, 9.17) is 5.11 Å². The van der Waals surface area contributed by atoms with E-state index >= 15 is 0 Å². The van der Waals surface area contributed by atoms with Crippen molar-refractivity contribution in [2.75, 3.05) is 6.54 Å². The normalized spacial score (nSPS) is 10.4. The molecular formula is C18H22N2O3. The first kappa shape index (κ1) is 16.8. The smallest absolute Gasteiger partial charge is 0.303 e. The van der Waals surface area contributed by atoms with Crippen molar-refractivity contribution in [2.24, 2.45) is 0 Å². The summed E-state index contributed by atoms with van der Waals surface area (Å²) in [6, 6.07) is 13.5. The van der Waals surface area contributed by atoms with Crippen LogP contribution in [0.5, 0.6) is 0 Å². The third kappa shape index (κ3) is 5.62. The van der Waals surface area contributed by atoms with Gasteiger partial charge in [0.2, 0.25) is 0 Å². The number of hydrogen-bond donors (Lipinski definition) is 3. The van der Waals surface area contributed by atoms with Crippen LogP contribution < -0.4 is 5.32 Å². The molecular weight excluding hydrogens is 292 g/mol. The molecule has 0 aliphatic rings. The van der Waals surface area contributed by atoms with Gasteiger partial charge in [-0.3, -0.25) is 9.59 Å². The van der Waals surface area contributed by atoms with E-state index in [2.05, 4.69) is 10.3 Å². The molecule has 0 saturated carbocycles. The molecule has 5 heteroatoms. The first-order valence-electron chi connectivity index (χ1n) is 7.91. The van der Waals surface area contributed by atoms with E-state index in [9.17, 15) is 9.59 Å². The fourth-order valence-corrected chi connectivity index (χ4v) is 2.37. The zero-order valence-electron chi connectivity index (χ0n) is 13.0. The Morgan fingerprint density at radius 2 is 1.70 bits per heavy atom. The number of carbonyl (C=O) groups excluding carboxylic acids is 1. The second-order valence-electron chi connectivity index (χ2n) is 5.47. The number of nitrogens with one attached hydrogen (secondary N) is 2. The average Bonchev–Trinajstić information content (AvgIpc) is 3.04. The third-order valence-electron chi connectivity index (χ3n) is 3.62. The quantitative estimate of drug-likeness (QED) is 0.620. The molecule has 0 spiro atoms. The molecule has 0 aliphatic heterocycles. The number of hydrogen-bond acceptors (Lipinski definition) is 2. The predicted molar refractivity (Wildman–Crippen MR) is 89.3 cm³/mol. The number of carboxylic acids is 1. The van der Waals surface area contributed by atoms with Crippen LogP contribution in [0.1, 0.15) is 42.6 Å². The van der Waals surface area contributed by atoms with Gasteiger partial charge in [-0.1, -0.05) is 43.2 Å². The van der Waals surface area contributed by atoms with Crippen molar-refractivity contribution in [3.05, 3.63) is 48.2 Å². The minimum absolute atomic E-state index is 0.113. The molecule has 0 atom stereocenters. The third-order valence-corrected chi connectivity index (χ3v) is 3.62. The number of aromatic amines is 1. The summed E-state index contributed by atoms with van der Waals surface area (Å²) in [5.74, 6) is -0.864. The van der Waals surface area contributed by atoms with Crippen LogP contribution in [0, 0.1) is 0 Å². The lowest BCUT2D eigenvalue weighted by Crippen LogP contribution is -2.24. The number of benzene rings is 1. The molecule has 1 aromatic carbocycles. The highest BCUT2D eigenvalue weighted by atomic mass is 16.4. The van der Waals surface area contributed by atoms with Gasteiger partial charge in [0.15, 0.2) is 0 Å². The average molecular weight is 314 g/mol. The second kappa shape index (κ2) is 8.78. The van der Waals surface area contributed by atoms with Crippen LogP contribution in [0.25, 0.3) is 11.3 Å². The SMILES string of the molecule is O=C(O)CCCCCCNC(=O)c1ccc(-c2ccccc2)[nH]1. The number of rotatable bonds is 9. The van der Waals surface area contributed by atoms with Crippen LogP contribution in [0.4, 0.5) is 0 Å². The maximum absolute atomic E-state index is 12.0. The van der Waals surface area contributed by atoms with E-state index in [1.165, 1.54) is 0 Å². The van der Waals surface area contributed by atoms with Crippen molar-refractivity contribution in [2.45, 2.75) is 32.1 Å². The molecule has 1 heterocycles. The molecule has 23 heavy (non-hydrogen) atoms. The van der Waals surface area contributed by atoms with Crippen LogP contribution in [-0.2, 0) is 4.79 Å². The minimum Gasteiger partial charge on any atom is -0.481 e. The maximum atomic E-state index is 12.0. The Labute approximate surface area is 135 Å². The standard InChI is InChI=1S/C18H22N2O3/c21-17(22)10-6-1-2-7-13-19-18(23)16-12-11-15(20-16)14-8-4-3-5-9-14/h3-5,8-9,11-12,20H,1-2,6-7,10,13H2,(H,19,23)(H,21,22). The largest absolute Gasteiger partial charge is 0.481 e. The highest BCUT2D eigenvalue weighted by Crippen LogP contribution is 2.17. The van der Waals surface area contributed by atoms with E-state index in [-0.39, 0.29) is 12.3 Å². The highest BCUT2D eigenvalue weighted by molar-refractivity contribution is 5.93. The Morgan fingerprint density at radius 3 is 2.43 bits per heavy atom. The van der Waals surface area contributed by atoms with E-state index in [1.54, 1.807) is 6.07 Å². The van der Waals surface area contributed by atoms with Crippen molar-refractivity contribution in [1.82, 2.24) is 10.3 Å². The molecule has 0 saturated heterocycles. The van der Waals surface area contributed by atoms with Crippen molar-refractivity contribution < 1.29 is 14.7 Å². The summed E-state index contributed by atoms with van der Waals surface area (Å²) in [7, 11) is 0. The second-order valence-corrected chi connectivity index (χ2v) is 5.47. The summed E-state index contributed by atoms with van der Waals surface area (Å²) >= 11 is 0. The molecule has 0 radical (unpaired) electrons. The fourth-order valence-electron chi connectivity index (χ4n) is 2.37. The number of H-pyrrole nitrogens is 1. The summed E-state index contributed by atoms with van der Waals surface area (Å²) in [5.41, 5.74) is 2.52. The molecule has 122 valence electrons. The van der Waals surface area contributed by atoms with Crippen LogP contribution >= 0.6 is 0 Å². The van der Waals surface area contributed by atoms with Gasteiger partial charge in [-0.2, -0.15) is 0 Å². The minimum atomic E-state index is -0.751. The van der Waals surface area contributed by atoms with Gasteiger partial charge >= 0.3 is 5.97 Å². The van der Waals surface area contributed by atoms with Crippen molar-refractivity contribution in [3.8, 4) is 11.3 Å². The summed E-state index contributed by atoms with van der Waals surface area (Å²) in [6.45, 7) is 0.603. The van der Waals surface area contributed by atoms with Gasteiger partial charge in [-0.15, -0.1) is 0 Å². The lowest BCUT2D eigenvalue weighted by Gasteiger charge is -2.04. The van der Waals surface area contributed by atoms with Crippen LogP contribution in [0.15, 0.2) is 42.5 Å². The highest BCUT2D eigenvalue weighted by Gasteiger charge is 2.08. The summed E-state index contributed by atoms with van der Waals surface area (Å²) in [6.07, 6.45) is 3.57. The molecule has 3 N–H and O–H groups in total. The number of aromatic nitrogens is 1. The number of aliphatic carboxylic acids is 1. The monoisotopic (exact) mass is 314 g/mol. The Balaban J connectivity index is 1.70. The van der Waals surface area contributed by atoms with E-state index in [0.717, 1.165) is 30.5 Å². The van der Waals surface area contributed by atoms with E-state index in [0.29, 0.717) is 18.7 Å². The van der Waals surface area contributed by atoms with Gasteiger partial charge in [-0.25, -0.2) is 0 Å². The van der Waals surface area contributed by atoms with Crippen LogP contribution in [0.2, 0.25) is 0 Å².